The Morgan fingerprint density at radius 1 is 1.07 bits per heavy atom. The van der Waals surface area contributed by atoms with Crippen molar-refractivity contribution in [3.05, 3.63) is 59.2 Å². The third-order valence-electron chi connectivity index (χ3n) is 6.30. The van der Waals surface area contributed by atoms with Gasteiger partial charge in [0, 0.05) is 20.0 Å². The number of piperazine rings is 1. The fraction of sp³-hybridized carbons (Fsp3) is 0.391. The molecule has 0 unspecified atom stereocenters. The van der Waals surface area contributed by atoms with Crippen molar-refractivity contribution in [1.82, 2.24) is 9.80 Å². The smallest absolute Gasteiger partial charge is 0.253 e. The highest BCUT2D eigenvalue weighted by atomic mass is 16.5. The van der Waals surface area contributed by atoms with Crippen LogP contribution in [0.3, 0.4) is 0 Å². The lowest BCUT2D eigenvalue weighted by Crippen LogP contribution is -2.70. The standard InChI is InChI=1S/C23H26N2O4/c1-15-21(26)25-11-10-17-12-19(28-3)20(29-4)13-18(17)23(25,22(27)24(15)2)14-16-8-6-5-7-9-16/h5-9,12-13,15H,10-11,14H2,1-4H3/t15-,23+/m0/s1. The molecule has 0 saturated carbocycles. The zero-order valence-electron chi connectivity index (χ0n) is 17.3. The Labute approximate surface area is 171 Å². The van der Waals surface area contributed by atoms with E-state index < -0.39 is 11.6 Å². The number of amides is 2. The molecule has 0 aromatic heterocycles. The zero-order valence-corrected chi connectivity index (χ0v) is 17.3. The van der Waals surface area contributed by atoms with Gasteiger partial charge in [-0.25, -0.2) is 0 Å². The lowest BCUT2D eigenvalue weighted by molar-refractivity contribution is -0.170. The van der Waals surface area contributed by atoms with Gasteiger partial charge in [-0.1, -0.05) is 30.3 Å². The highest BCUT2D eigenvalue weighted by molar-refractivity contribution is 6.01. The maximum Gasteiger partial charge on any atom is 0.253 e. The van der Waals surface area contributed by atoms with Gasteiger partial charge in [-0.05, 0) is 42.2 Å². The minimum atomic E-state index is -1.09. The summed E-state index contributed by atoms with van der Waals surface area (Å²) in [7, 11) is 4.89. The van der Waals surface area contributed by atoms with Crippen LogP contribution in [0.1, 0.15) is 23.6 Å². The molecule has 2 aliphatic rings. The minimum Gasteiger partial charge on any atom is -0.493 e. The number of carbonyl (C=O) groups is 2. The first-order valence-electron chi connectivity index (χ1n) is 9.82. The van der Waals surface area contributed by atoms with E-state index in [9.17, 15) is 9.59 Å². The third-order valence-corrected chi connectivity index (χ3v) is 6.30. The molecule has 2 atom stereocenters. The number of benzene rings is 2. The van der Waals surface area contributed by atoms with Gasteiger partial charge in [-0.2, -0.15) is 0 Å². The largest absolute Gasteiger partial charge is 0.493 e. The van der Waals surface area contributed by atoms with Gasteiger partial charge in [0.2, 0.25) is 5.91 Å². The van der Waals surface area contributed by atoms with Crippen molar-refractivity contribution in [1.29, 1.82) is 0 Å². The maximum absolute atomic E-state index is 13.8. The summed E-state index contributed by atoms with van der Waals surface area (Å²) in [6, 6.07) is 13.2. The second-order valence-electron chi connectivity index (χ2n) is 7.72. The van der Waals surface area contributed by atoms with E-state index in [2.05, 4.69) is 0 Å². The van der Waals surface area contributed by atoms with Crippen LogP contribution in [0.5, 0.6) is 11.5 Å². The number of hydrogen-bond acceptors (Lipinski definition) is 4. The lowest BCUT2D eigenvalue weighted by atomic mass is 9.73. The number of methoxy groups -OCH3 is 2. The maximum atomic E-state index is 13.8. The molecule has 6 nitrogen and oxygen atoms in total. The number of nitrogens with zero attached hydrogens (tertiary/aromatic N) is 2. The average molecular weight is 394 g/mol. The van der Waals surface area contributed by atoms with E-state index in [1.807, 2.05) is 42.5 Å². The number of fused-ring (bicyclic) bond motifs is 3. The predicted molar refractivity (Wildman–Crippen MR) is 109 cm³/mol. The Morgan fingerprint density at radius 3 is 2.38 bits per heavy atom. The normalized spacial score (nSPS) is 23.5. The Kier molecular flexibility index (Phi) is 4.73. The molecule has 4 rings (SSSR count). The molecular weight excluding hydrogens is 368 g/mol. The van der Waals surface area contributed by atoms with Crippen molar-refractivity contribution in [2.45, 2.75) is 31.3 Å². The summed E-state index contributed by atoms with van der Waals surface area (Å²) in [6.45, 7) is 2.29. The van der Waals surface area contributed by atoms with Gasteiger partial charge < -0.3 is 19.3 Å². The van der Waals surface area contributed by atoms with Crippen molar-refractivity contribution in [3.8, 4) is 11.5 Å². The average Bonchev–Trinajstić information content (AvgIpc) is 2.76. The van der Waals surface area contributed by atoms with E-state index in [0.29, 0.717) is 30.9 Å². The van der Waals surface area contributed by atoms with Crippen LogP contribution in [0.15, 0.2) is 42.5 Å². The topological polar surface area (TPSA) is 59.1 Å². The number of likely N-dealkylation sites (N-methyl/N-ethyl adjacent to an activating group) is 1. The van der Waals surface area contributed by atoms with Crippen molar-refractivity contribution in [3.63, 3.8) is 0 Å². The summed E-state index contributed by atoms with van der Waals surface area (Å²) in [5.74, 6) is 1.10. The second kappa shape index (κ2) is 7.10. The van der Waals surface area contributed by atoms with Crippen LogP contribution in [-0.2, 0) is 28.0 Å². The van der Waals surface area contributed by atoms with Crippen LogP contribution in [0, 0.1) is 0 Å². The Bertz CT molecular complexity index is 959. The van der Waals surface area contributed by atoms with Gasteiger partial charge in [0.25, 0.3) is 5.91 Å². The van der Waals surface area contributed by atoms with Crippen LogP contribution in [-0.4, -0.2) is 55.5 Å². The fourth-order valence-corrected chi connectivity index (χ4v) is 4.63. The SMILES string of the molecule is COc1cc2c(cc1OC)[C@]1(Cc3ccccc3)C(=O)N(C)[C@@H](C)C(=O)N1CC2. The van der Waals surface area contributed by atoms with Crippen LogP contribution >= 0.6 is 0 Å². The van der Waals surface area contributed by atoms with Gasteiger partial charge in [0.15, 0.2) is 17.0 Å². The van der Waals surface area contributed by atoms with Gasteiger partial charge in [0.05, 0.1) is 14.2 Å². The van der Waals surface area contributed by atoms with Gasteiger partial charge in [-0.15, -0.1) is 0 Å². The number of carbonyl (C=O) groups excluding carboxylic acids is 2. The Hall–Kier alpha value is -3.02. The van der Waals surface area contributed by atoms with E-state index >= 15 is 0 Å². The Morgan fingerprint density at radius 2 is 1.72 bits per heavy atom. The van der Waals surface area contributed by atoms with Gasteiger partial charge >= 0.3 is 0 Å². The summed E-state index contributed by atoms with van der Waals surface area (Å²) >= 11 is 0. The first kappa shape index (κ1) is 19.3. The lowest BCUT2D eigenvalue weighted by Gasteiger charge is -2.54. The zero-order chi connectivity index (χ0) is 20.8. The summed E-state index contributed by atoms with van der Waals surface area (Å²) in [5.41, 5.74) is 1.75. The molecule has 29 heavy (non-hydrogen) atoms. The third kappa shape index (κ3) is 2.77. The molecule has 152 valence electrons. The first-order valence-corrected chi connectivity index (χ1v) is 9.82. The predicted octanol–water partition coefficient (Wildman–Crippen LogP) is 2.39. The van der Waals surface area contributed by atoms with Gasteiger partial charge in [-0.3, -0.25) is 9.59 Å². The molecule has 2 aromatic rings. The van der Waals surface area contributed by atoms with E-state index in [4.69, 9.17) is 9.47 Å². The molecule has 2 aromatic carbocycles. The van der Waals surface area contributed by atoms with Crippen molar-refractivity contribution in [2.75, 3.05) is 27.8 Å². The number of hydrogen-bond donors (Lipinski definition) is 0. The summed E-state index contributed by atoms with van der Waals surface area (Å²) in [5, 5.41) is 0. The molecule has 0 spiro atoms. The highest BCUT2D eigenvalue weighted by Gasteiger charge is 2.57. The molecule has 2 amide bonds. The van der Waals surface area contributed by atoms with Crippen molar-refractivity contribution in [2.24, 2.45) is 0 Å². The number of rotatable bonds is 4. The molecule has 0 radical (unpaired) electrons. The molecule has 6 heteroatoms. The molecule has 0 N–H and O–H groups in total. The Balaban J connectivity index is 1.98. The molecule has 1 saturated heterocycles. The molecule has 2 aliphatic heterocycles. The van der Waals surface area contributed by atoms with Crippen molar-refractivity contribution < 1.29 is 19.1 Å². The van der Waals surface area contributed by atoms with E-state index in [1.165, 1.54) is 0 Å². The van der Waals surface area contributed by atoms with E-state index in [0.717, 1.165) is 16.7 Å². The quantitative estimate of drug-likeness (QED) is 0.799. The fourth-order valence-electron chi connectivity index (χ4n) is 4.63. The van der Waals surface area contributed by atoms with E-state index in [1.54, 1.807) is 38.0 Å². The molecule has 1 fully saturated rings. The molecule has 2 heterocycles. The van der Waals surface area contributed by atoms with Crippen LogP contribution in [0.2, 0.25) is 0 Å². The molecule has 0 bridgehead atoms. The minimum absolute atomic E-state index is 0.0246. The van der Waals surface area contributed by atoms with Crippen LogP contribution in [0.25, 0.3) is 0 Å². The highest BCUT2D eigenvalue weighted by Crippen LogP contribution is 2.46. The van der Waals surface area contributed by atoms with Gasteiger partial charge in [0.1, 0.15) is 6.04 Å². The van der Waals surface area contributed by atoms with Crippen molar-refractivity contribution >= 4 is 11.8 Å². The van der Waals surface area contributed by atoms with Crippen LogP contribution in [0.4, 0.5) is 0 Å². The summed E-state index contributed by atoms with van der Waals surface area (Å²) in [6.07, 6.45) is 1.08. The summed E-state index contributed by atoms with van der Waals surface area (Å²) in [4.78, 5) is 30.4. The molecular formula is C23H26N2O4. The first-order chi connectivity index (χ1) is 13.9. The summed E-state index contributed by atoms with van der Waals surface area (Å²) < 4.78 is 11.0. The number of ether oxygens (including phenoxy) is 2. The van der Waals surface area contributed by atoms with Crippen LogP contribution < -0.4 is 9.47 Å². The molecule has 0 aliphatic carbocycles. The van der Waals surface area contributed by atoms with E-state index in [-0.39, 0.29) is 11.8 Å². The monoisotopic (exact) mass is 394 g/mol. The second-order valence-corrected chi connectivity index (χ2v) is 7.72.